The van der Waals surface area contributed by atoms with Crippen molar-refractivity contribution in [1.82, 2.24) is 4.98 Å². The number of nitriles is 1. The average molecular weight is 308 g/mol. The third-order valence-corrected chi connectivity index (χ3v) is 4.01. The van der Waals surface area contributed by atoms with Crippen LogP contribution in [0.4, 0.5) is 17.3 Å². The number of fused-ring (bicyclic) bond motifs is 1. The first-order valence-corrected chi connectivity index (χ1v) is 7.63. The van der Waals surface area contributed by atoms with Gasteiger partial charge in [-0.2, -0.15) is 5.26 Å². The van der Waals surface area contributed by atoms with Crippen LogP contribution in [0.3, 0.4) is 0 Å². The molecule has 2 heterocycles. The van der Waals surface area contributed by atoms with Gasteiger partial charge in [-0.1, -0.05) is 18.2 Å². The molecule has 0 atom stereocenters. The number of rotatable bonds is 3. The third kappa shape index (κ3) is 2.99. The van der Waals surface area contributed by atoms with Crippen molar-refractivity contribution >= 4 is 17.3 Å². The number of hydrogen-bond donors (Lipinski definition) is 2. The lowest BCUT2D eigenvalue weighted by Gasteiger charge is -2.33. The number of anilines is 3. The monoisotopic (exact) mass is 308 g/mol. The number of nitrogens with one attached hydrogen (secondary N) is 2. The Morgan fingerprint density at radius 1 is 1.17 bits per heavy atom. The highest BCUT2D eigenvalue weighted by atomic mass is 16.5. The summed E-state index contributed by atoms with van der Waals surface area (Å²) in [6, 6.07) is 12.1. The van der Waals surface area contributed by atoms with Gasteiger partial charge in [-0.3, -0.25) is 0 Å². The number of pyridine rings is 1. The number of nitrogens with zero attached hydrogens (tertiary/aromatic N) is 2. The van der Waals surface area contributed by atoms with Crippen LogP contribution >= 0.6 is 0 Å². The van der Waals surface area contributed by atoms with Crippen molar-refractivity contribution in [3.63, 3.8) is 0 Å². The Balaban J connectivity index is 2.12. The molecule has 0 saturated heterocycles. The Labute approximate surface area is 136 Å². The van der Waals surface area contributed by atoms with E-state index in [0.29, 0.717) is 24.4 Å². The molecule has 1 aliphatic heterocycles. The molecule has 118 valence electrons. The predicted molar refractivity (Wildman–Crippen MR) is 90.8 cm³/mol. The van der Waals surface area contributed by atoms with Gasteiger partial charge in [0.2, 0.25) is 0 Å². The Bertz CT molecular complexity index is 763. The van der Waals surface area contributed by atoms with Crippen molar-refractivity contribution in [3.05, 3.63) is 47.0 Å². The molecule has 0 aliphatic carbocycles. The maximum Gasteiger partial charge on any atom is 0.151 e. The van der Waals surface area contributed by atoms with Gasteiger partial charge < -0.3 is 15.4 Å². The Kier molecular flexibility index (Phi) is 3.93. The zero-order valence-electron chi connectivity index (χ0n) is 13.6. The zero-order valence-corrected chi connectivity index (χ0v) is 13.6. The first-order valence-electron chi connectivity index (χ1n) is 7.63. The van der Waals surface area contributed by atoms with Crippen LogP contribution in [-0.2, 0) is 17.8 Å². The fourth-order valence-electron chi connectivity index (χ4n) is 2.84. The van der Waals surface area contributed by atoms with Gasteiger partial charge in [0.1, 0.15) is 11.9 Å². The molecule has 5 heteroatoms. The van der Waals surface area contributed by atoms with Crippen molar-refractivity contribution in [1.29, 1.82) is 5.26 Å². The number of benzene rings is 1. The van der Waals surface area contributed by atoms with Crippen molar-refractivity contribution in [2.24, 2.45) is 0 Å². The molecule has 0 unspecified atom stereocenters. The number of ether oxygens (including phenoxy) is 1. The van der Waals surface area contributed by atoms with Gasteiger partial charge in [-0.15, -0.1) is 0 Å². The maximum absolute atomic E-state index is 9.70. The molecule has 0 fully saturated rings. The van der Waals surface area contributed by atoms with E-state index in [-0.39, 0.29) is 5.60 Å². The van der Waals surface area contributed by atoms with Crippen molar-refractivity contribution < 1.29 is 4.74 Å². The second kappa shape index (κ2) is 5.90. The smallest absolute Gasteiger partial charge is 0.151 e. The molecule has 2 aromatic rings. The van der Waals surface area contributed by atoms with Gasteiger partial charge >= 0.3 is 0 Å². The van der Waals surface area contributed by atoms with Crippen LogP contribution in [-0.4, -0.2) is 17.6 Å². The molecule has 0 radical (unpaired) electrons. The van der Waals surface area contributed by atoms with Crippen LogP contribution < -0.4 is 10.6 Å². The molecular weight excluding hydrogens is 288 g/mol. The summed E-state index contributed by atoms with van der Waals surface area (Å²) in [5, 5.41) is 16.1. The highest BCUT2D eigenvalue weighted by molar-refractivity contribution is 5.70. The highest BCUT2D eigenvalue weighted by Gasteiger charge is 2.31. The summed E-state index contributed by atoms with van der Waals surface area (Å²) in [5.41, 5.74) is 3.21. The summed E-state index contributed by atoms with van der Waals surface area (Å²) in [6.07, 6.45) is 0.686. The molecular formula is C18H20N4O. The van der Waals surface area contributed by atoms with Crippen LogP contribution in [0.5, 0.6) is 0 Å². The summed E-state index contributed by atoms with van der Waals surface area (Å²) in [6.45, 7) is 4.55. The quantitative estimate of drug-likeness (QED) is 0.907. The normalized spacial score (nSPS) is 15.4. The summed E-state index contributed by atoms with van der Waals surface area (Å²) in [5.74, 6) is 1.34. The topological polar surface area (TPSA) is 70.0 Å². The molecule has 1 aromatic carbocycles. The van der Waals surface area contributed by atoms with Gasteiger partial charge in [0.05, 0.1) is 17.8 Å². The summed E-state index contributed by atoms with van der Waals surface area (Å²) >= 11 is 0. The van der Waals surface area contributed by atoms with Crippen molar-refractivity contribution in [3.8, 4) is 6.07 Å². The molecule has 23 heavy (non-hydrogen) atoms. The zero-order chi connectivity index (χ0) is 16.4. The van der Waals surface area contributed by atoms with Crippen LogP contribution in [0.15, 0.2) is 30.3 Å². The molecule has 5 nitrogen and oxygen atoms in total. The van der Waals surface area contributed by atoms with E-state index in [1.54, 1.807) is 0 Å². The van der Waals surface area contributed by atoms with Crippen molar-refractivity contribution in [2.75, 3.05) is 17.7 Å². The van der Waals surface area contributed by atoms with E-state index in [4.69, 9.17) is 4.74 Å². The Morgan fingerprint density at radius 2 is 1.91 bits per heavy atom. The molecule has 0 spiro atoms. The lowest BCUT2D eigenvalue weighted by Crippen LogP contribution is -2.33. The minimum Gasteiger partial charge on any atom is -0.373 e. The second-order valence-corrected chi connectivity index (χ2v) is 6.22. The average Bonchev–Trinajstić information content (AvgIpc) is 2.54. The summed E-state index contributed by atoms with van der Waals surface area (Å²) < 4.78 is 5.88. The molecule has 2 N–H and O–H groups in total. The fourth-order valence-corrected chi connectivity index (χ4v) is 2.84. The van der Waals surface area contributed by atoms with E-state index in [2.05, 4.69) is 21.7 Å². The standard InChI is InChI=1S/C18H20N4O/c1-18(2)9-13-14(10-19)17(21-12-7-5-4-6-8-12)22-16(20-3)15(13)11-23-18/h4-8H,9,11H2,1-3H3,(H2,20,21,22). The number of aromatic nitrogens is 1. The highest BCUT2D eigenvalue weighted by Crippen LogP contribution is 2.36. The van der Waals surface area contributed by atoms with Gasteiger partial charge in [0.25, 0.3) is 0 Å². The van der Waals surface area contributed by atoms with Gasteiger partial charge in [0, 0.05) is 24.7 Å². The van der Waals surface area contributed by atoms with E-state index < -0.39 is 0 Å². The molecule has 1 aliphatic rings. The van der Waals surface area contributed by atoms with E-state index in [0.717, 1.165) is 22.6 Å². The Hall–Kier alpha value is -2.58. The number of para-hydroxylation sites is 1. The van der Waals surface area contributed by atoms with E-state index in [1.807, 2.05) is 51.2 Å². The molecule has 1 aromatic heterocycles. The van der Waals surface area contributed by atoms with Gasteiger partial charge in [-0.25, -0.2) is 4.98 Å². The van der Waals surface area contributed by atoms with Crippen LogP contribution in [0.1, 0.15) is 30.5 Å². The number of hydrogen-bond acceptors (Lipinski definition) is 5. The van der Waals surface area contributed by atoms with Crippen LogP contribution in [0.25, 0.3) is 0 Å². The SMILES string of the molecule is CNc1nc(Nc2ccccc2)c(C#N)c2c1COC(C)(C)C2. The van der Waals surface area contributed by atoms with E-state index >= 15 is 0 Å². The third-order valence-electron chi connectivity index (χ3n) is 4.01. The molecule has 0 amide bonds. The first-order chi connectivity index (χ1) is 11.0. The van der Waals surface area contributed by atoms with Crippen LogP contribution in [0, 0.1) is 11.3 Å². The minimum atomic E-state index is -0.283. The van der Waals surface area contributed by atoms with Crippen molar-refractivity contribution in [2.45, 2.75) is 32.5 Å². The van der Waals surface area contributed by atoms with E-state index in [1.165, 1.54) is 0 Å². The summed E-state index contributed by atoms with van der Waals surface area (Å²) in [7, 11) is 1.83. The second-order valence-electron chi connectivity index (χ2n) is 6.22. The fraction of sp³-hybridized carbons (Fsp3) is 0.333. The molecule has 3 rings (SSSR count). The Morgan fingerprint density at radius 3 is 2.57 bits per heavy atom. The molecule has 0 bridgehead atoms. The first kappa shape index (κ1) is 15.3. The lowest BCUT2D eigenvalue weighted by molar-refractivity contribution is -0.0399. The van der Waals surface area contributed by atoms with Crippen LogP contribution in [0.2, 0.25) is 0 Å². The van der Waals surface area contributed by atoms with Gasteiger partial charge in [0.15, 0.2) is 5.82 Å². The minimum absolute atomic E-state index is 0.283. The van der Waals surface area contributed by atoms with Gasteiger partial charge in [-0.05, 0) is 31.5 Å². The largest absolute Gasteiger partial charge is 0.373 e. The molecule has 0 saturated carbocycles. The summed E-state index contributed by atoms with van der Waals surface area (Å²) in [4.78, 5) is 4.59. The van der Waals surface area contributed by atoms with E-state index in [9.17, 15) is 5.26 Å². The predicted octanol–water partition coefficient (Wildman–Crippen LogP) is 3.59. The lowest BCUT2D eigenvalue weighted by atomic mass is 9.89. The maximum atomic E-state index is 9.70.